The van der Waals surface area contributed by atoms with Crippen molar-refractivity contribution in [2.75, 3.05) is 19.7 Å². The van der Waals surface area contributed by atoms with Gasteiger partial charge in [-0.05, 0) is 38.8 Å². The van der Waals surface area contributed by atoms with Crippen LogP contribution in [0.3, 0.4) is 0 Å². The minimum absolute atomic E-state index is 0.0258. The molecule has 1 aliphatic rings. The number of aryl methyl sites for hydroxylation is 2. The monoisotopic (exact) mass is 237 g/mol. The van der Waals surface area contributed by atoms with Crippen molar-refractivity contribution >= 4 is 0 Å². The summed E-state index contributed by atoms with van der Waals surface area (Å²) in [4.78, 5) is 0. The van der Waals surface area contributed by atoms with Crippen LogP contribution in [0.25, 0.3) is 0 Å². The lowest BCUT2D eigenvalue weighted by atomic mass is 9.83. The van der Waals surface area contributed by atoms with Gasteiger partial charge in [0.2, 0.25) is 0 Å². The fraction of sp³-hybridized carbons (Fsp3) is 0.769. The zero-order chi connectivity index (χ0) is 12.3. The molecule has 4 nitrogen and oxygen atoms in total. The van der Waals surface area contributed by atoms with E-state index in [1.807, 2.05) is 0 Å². The Labute approximate surface area is 103 Å². The maximum atomic E-state index is 9.64. The van der Waals surface area contributed by atoms with E-state index >= 15 is 0 Å². The summed E-state index contributed by atoms with van der Waals surface area (Å²) < 4.78 is 2.08. The number of hydrogen-bond donors (Lipinski definition) is 2. The van der Waals surface area contributed by atoms with Crippen LogP contribution in [-0.2, 0) is 19.4 Å². The van der Waals surface area contributed by atoms with Gasteiger partial charge in [-0.3, -0.25) is 4.68 Å². The normalized spacial score (nSPS) is 24.4. The average Bonchev–Trinajstić information content (AvgIpc) is 2.97. The number of aliphatic hydroxyl groups is 1. The highest BCUT2D eigenvalue weighted by atomic mass is 16.3. The van der Waals surface area contributed by atoms with Gasteiger partial charge >= 0.3 is 0 Å². The van der Waals surface area contributed by atoms with Gasteiger partial charge in [-0.25, -0.2) is 0 Å². The molecule has 2 heterocycles. The Morgan fingerprint density at radius 2 is 2.35 bits per heavy atom. The molecule has 0 saturated carbocycles. The number of aliphatic hydroxyl groups excluding tert-OH is 1. The maximum Gasteiger partial charge on any atom is 0.0624 e. The highest BCUT2D eigenvalue weighted by Crippen LogP contribution is 2.29. The minimum atomic E-state index is 0.0258. The molecule has 0 aliphatic carbocycles. The Bertz CT molecular complexity index is 367. The summed E-state index contributed by atoms with van der Waals surface area (Å²) in [7, 11) is 0. The Morgan fingerprint density at radius 3 is 2.88 bits per heavy atom. The molecule has 0 radical (unpaired) electrons. The SMILES string of the molecule is CCc1cc(CC2(CO)CCNC2)n(CC)n1. The first-order valence-corrected chi connectivity index (χ1v) is 6.60. The van der Waals surface area contributed by atoms with Crippen molar-refractivity contribution in [3.05, 3.63) is 17.5 Å². The van der Waals surface area contributed by atoms with E-state index in [4.69, 9.17) is 0 Å². The van der Waals surface area contributed by atoms with Gasteiger partial charge in [0, 0.05) is 24.2 Å². The molecule has 1 aromatic rings. The third kappa shape index (κ3) is 2.53. The van der Waals surface area contributed by atoms with Crippen LogP contribution in [0.1, 0.15) is 31.7 Å². The van der Waals surface area contributed by atoms with E-state index in [0.29, 0.717) is 0 Å². The Morgan fingerprint density at radius 1 is 1.53 bits per heavy atom. The standard InChI is InChI=1S/C13H23N3O/c1-3-11-7-12(16(4-2)15-11)8-13(10-17)5-6-14-9-13/h7,14,17H,3-6,8-10H2,1-2H3. The van der Waals surface area contributed by atoms with Crippen LogP contribution in [0.5, 0.6) is 0 Å². The molecule has 1 aliphatic heterocycles. The third-order valence-corrected chi connectivity index (χ3v) is 3.80. The van der Waals surface area contributed by atoms with E-state index in [-0.39, 0.29) is 12.0 Å². The van der Waals surface area contributed by atoms with E-state index in [0.717, 1.165) is 44.6 Å². The van der Waals surface area contributed by atoms with Gasteiger partial charge in [-0.15, -0.1) is 0 Å². The predicted octanol–water partition coefficient (Wildman–Crippen LogP) is 0.980. The molecule has 96 valence electrons. The summed E-state index contributed by atoms with van der Waals surface area (Å²) in [5, 5.41) is 17.6. The lowest BCUT2D eigenvalue weighted by Crippen LogP contribution is -2.31. The molecule has 1 aromatic heterocycles. The number of nitrogens with zero attached hydrogens (tertiary/aromatic N) is 2. The van der Waals surface area contributed by atoms with Gasteiger partial charge in [-0.2, -0.15) is 5.10 Å². The fourth-order valence-electron chi connectivity index (χ4n) is 2.63. The summed E-state index contributed by atoms with van der Waals surface area (Å²) >= 11 is 0. The molecule has 1 saturated heterocycles. The van der Waals surface area contributed by atoms with E-state index < -0.39 is 0 Å². The van der Waals surface area contributed by atoms with E-state index in [9.17, 15) is 5.11 Å². The van der Waals surface area contributed by atoms with Crippen LogP contribution in [0.2, 0.25) is 0 Å². The van der Waals surface area contributed by atoms with Crippen molar-refractivity contribution in [1.82, 2.24) is 15.1 Å². The highest BCUT2D eigenvalue weighted by Gasteiger charge is 2.34. The summed E-state index contributed by atoms with van der Waals surface area (Å²) in [6.45, 7) is 7.35. The Balaban J connectivity index is 2.18. The first-order chi connectivity index (χ1) is 8.23. The van der Waals surface area contributed by atoms with E-state index in [2.05, 4.69) is 35.0 Å². The lowest BCUT2D eigenvalue weighted by molar-refractivity contribution is 0.140. The number of hydrogen-bond acceptors (Lipinski definition) is 3. The summed E-state index contributed by atoms with van der Waals surface area (Å²) in [6, 6.07) is 2.19. The summed E-state index contributed by atoms with van der Waals surface area (Å²) in [5.74, 6) is 0. The highest BCUT2D eigenvalue weighted by molar-refractivity contribution is 5.13. The van der Waals surface area contributed by atoms with Crippen molar-refractivity contribution in [2.24, 2.45) is 5.41 Å². The van der Waals surface area contributed by atoms with Gasteiger partial charge < -0.3 is 10.4 Å². The zero-order valence-corrected chi connectivity index (χ0v) is 10.9. The molecular weight excluding hydrogens is 214 g/mol. The van der Waals surface area contributed by atoms with Gasteiger partial charge in [0.25, 0.3) is 0 Å². The van der Waals surface area contributed by atoms with Crippen molar-refractivity contribution in [1.29, 1.82) is 0 Å². The molecule has 1 fully saturated rings. The molecule has 2 N–H and O–H groups in total. The molecule has 0 spiro atoms. The first-order valence-electron chi connectivity index (χ1n) is 6.60. The molecular formula is C13H23N3O. The van der Waals surface area contributed by atoms with Gasteiger partial charge in [-0.1, -0.05) is 6.92 Å². The van der Waals surface area contributed by atoms with Crippen LogP contribution < -0.4 is 5.32 Å². The average molecular weight is 237 g/mol. The van der Waals surface area contributed by atoms with E-state index in [1.54, 1.807) is 0 Å². The van der Waals surface area contributed by atoms with Gasteiger partial charge in [0.1, 0.15) is 0 Å². The number of nitrogens with one attached hydrogen (secondary N) is 1. The second-order valence-corrected chi connectivity index (χ2v) is 5.06. The number of rotatable bonds is 5. The predicted molar refractivity (Wildman–Crippen MR) is 68.0 cm³/mol. The smallest absolute Gasteiger partial charge is 0.0624 e. The topological polar surface area (TPSA) is 50.1 Å². The lowest BCUT2D eigenvalue weighted by Gasteiger charge is -2.25. The Kier molecular flexibility index (Phi) is 3.84. The summed E-state index contributed by atoms with van der Waals surface area (Å²) in [5.41, 5.74) is 2.45. The third-order valence-electron chi connectivity index (χ3n) is 3.80. The minimum Gasteiger partial charge on any atom is -0.396 e. The van der Waals surface area contributed by atoms with Crippen LogP contribution in [0.4, 0.5) is 0 Å². The first kappa shape index (κ1) is 12.6. The molecule has 1 unspecified atom stereocenters. The molecule has 0 aromatic carbocycles. The van der Waals surface area contributed by atoms with Crippen LogP contribution in [-0.4, -0.2) is 34.6 Å². The molecule has 0 bridgehead atoms. The van der Waals surface area contributed by atoms with Crippen LogP contribution >= 0.6 is 0 Å². The second-order valence-electron chi connectivity index (χ2n) is 5.06. The largest absolute Gasteiger partial charge is 0.396 e. The van der Waals surface area contributed by atoms with Crippen molar-refractivity contribution in [3.8, 4) is 0 Å². The molecule has 2 rings (SSSR count). The van der Waals surface area contributed by atoms with Crippen molar-refractivity contribution in [2.45, 2.75) is 39.7 Å². The van der Waals surface area contributed by atoms with Crippen molar-refractivity contribution in [3.63, 3.8) is 0 Å². The molecule has 4 heteroatoms. The van der Waals surface area contributed by atoms with Crippen LogP contribution in [0.15, 0.2) is 6.07 Å². The van der Waals surface area contributed by atoms with Crippen LogP contribution in [0, 0.1) is 5.41 Å². The van der Waals surface area contributed by atoms with Crippen molar-refractivity contribution < 1.29 is 5.11 Å². The quantitative estimate of drug-likeness (QED) is 0.802. The Hall–Kier alpha value is -0.870. The second kappa shape index (κ2) is 5.19. The molecule has 0 amide bonds. The molecule has 17 heavy (non-hydrogen) atoms. The van der Waals surface area contributed by atoms with Gasteiger partial charge in [0.05, 0.1) is 12.3 Å². The number of aromatic nitrogens is 2. The maximum absolute atomic E-state index is 9.64. The summed E-state index contributed by atoms with van der Waals surface area (Å²) in [6.07, 6.45) is 2.96. The van der Waals surface area contributed by atoms with Gasteiger partial charge in [0.15, 0.2) is 0 Å². The van der Waals surface area contributed by atoms with E-state index in [1.165, 1.54) is 5.69 Å². The fourth-order valence-corrected chi connectivity index (χ4v) is 2.63. The zero-order valence-electron chi connectivity index (χ0n) is 10.9. The molecule has 1 atom stereocenters.